The summed E-state index contributed by atoms with van der Waals surface area (Å²) in [6, 6.07) is 8.69. The van der Waals surface area contributed by atoms with Crippen LogP contribution in [0.15, 0.2) is 24.3 Å². The van der Waals surface area contributed by atoms with E-state index in [1.165, 1.54) is 12.8 Å². The van der Waals surface area contributed by atoms with Crippen LogP contribution in [0.2, 0.25) is 0 Å². The van der Waals surface area contributed by atoms with E-state index in [1.807, 2.05) is 18.2 Å². The Kier molecular flexibility index (Phi) is 1.84. The smallest absolute Gasteiger partial charge is 0.161 e. The molecule has 0 atom stereocenters. The summed E-state index contributed by atoms with van der Waals surface area (Å²) in [5.74, 6) is 1.06. The number of rotatable bonds is 2. The van der Waals surface area contributed by atoms with Crippen molar-refractivity contribution in [3.63, 3.8) is 0 Å². The highest BCUT2D eigenvalue weighted by atomic mass is 16.1. The summed E-state index contributed by atoms with van der Waals surface area (Å²) < 4.78 is 0. The number of Topliss-reactive ketones (excluding diaryl/α,β-unsaturated/α-hetero) is 1. The van der Waals surface area contributed by atoms with E-state index in [4.69, 9.17) is 0 Å². The molecular weight excluding hydrogens is 186 g/mol. The maximum absolute atomic E-state index is 11.5. The Morgan fingerprint density at radius 3 is 2.67 bits per heavy atom. The molecule has 0 radical (unpaired) electrons. The summed E-state index contributed by atoms with van der Waals surface area (Å²) in [6.45, 7) is 2.80. The third-order valence-corrected chi connectivity index (χ3v) is 3.70. The minimum atomic E-state index is 0.176. The van der Waals surface area contributed by atoms with Gasteiger partial charge in [0.1, 0.15) is 0 Å². The molecule has 2 heteroatoms. The molecule has 2 bridgehead atoms. The number of fused-ring (bicyclic) bond motifs is 1. The molecule has 0 spiro atoms. The van der Waals surface area contributed by atoms with Crippen LogP contribution in [0.5, 0.6) is 0 Å². The Labute approximate surface area is 89.9 Å². The van der Waals surface area contributed by atoms with Gasteiger partial charge < -0.3 is 4.90 Å². The molecule has 0 amide bonds. The van der Waals surface area contributed by atoms with Crippen molar-refractivity contribution in [3.8, 4) is 0 Å². The van der Waals surface area contributed by atoms with Crippen LogP contribution in [0.1, 0.15) is 30.1 Å². The molecule has 2 saturated heterocycles. The summed E-state index contributed by atoms with van der Waals surface area (Å²) in [6.07, 6.45) is 2.65. The summed E-state index contributed by atoms with van der Waals surface area (Å²) in [7, 11) is 0. The molecule has 78 valence electrons. The lowest BCUT2D eigenvalue weighted by atomic mass is 9.86. The van der Waals surface area contributed by atoms with Gasteiger partial charge >= 0.3 is 0 Å². The fourth-order valence-electron chi connectivity index (χ4n) is 2.85. The van der Waals surface area contributed by atoms with Crippen LogP contribution in [0.4, 0.5) is 5.69 Å². The van der Waals surface area contributed by atoms with E-state index in [1.54, 1.807) is 6.92 Å². The van der Waals surface area contributed by atoms with E-state index in [-0.39, 0.29) is 5.78 Å². The predicted octanol–water partition coefficient (Wildman–Crippen LogP) is 2.49. The van der Waals surface area contributed by atoms with Crippen molar-refractivity contribution in [2.24, 2.45) is 5.92 Å². The molecule has 3 aliphatic rings. The lowest BCUT2D eigenvalue weighted by Gasteiger charge is -2.28. The van der Waals surface area contributed by atoms with Crippen LogP contribution < -0.4 is 4.90 Å². The summed E-state index contributed by atoms with van der Waals surface area (Å²) in [5.41, 5.74) is 2.03. The van der Waals surface area contributed by atoms with Gasteiger partial charge in [-0.05, 0) is 37.8 Å². The zero-order valence-corrected chi connectivity index (χ0v) is 8.94. The first kappa shape index (κ1) is 8.96. The monoisotopic (exact) mass is 201 g/mol. The number of benzene rings is 1. The van der Waals surface area contributed by atoms with Gasteiger partial charge in [-0.3, -0.25) is 4.79 Å². The number of ketones is 1. The van der Waals surface area contributed by atoms with Crippen LogP contribution in [0.3, 0.4) is 0 Å². The Morgan fingerprint density at radius 1 is 1.33 bits per heavy atom. The molecular formula is C13H15NO. The SMILES string of the molecule is CC(=O)c1ccccc1N1CC2CC1C2. The van der Waals surface area contributed by atoms with E-state index in [2.05, 4.69) is 11.0 Å². The van der Waals surface area contributed by atoms with Gasteiger partial charge in [0.15, 0.2) is 5.78 Å². The van der Waals surface area contributed by atoms with Crippen molar-refractivity contribution in [2.75, 3.05) is 11.4 Å². The topological polar surface area (TPSA) is 20.3 Å². The van der Waals surface area contributed by atoms with Gasteiger partial charge in [0, 0.05) is 23.8 Å². The van der Waals surface area contributed by atoms with Crippen LogP contribution >= 0.6 is 0 Å². The zero-order valence-electron chi connectivity index (χ0n) is 8.94. The number of carbonyl (C=O) groups is 1. The number of hydrogen-bond donors (Lipinski definition) is 0. The van der Waals surface area contributed by atoms with Crippen molar-refractivity contribution < 1.29 is 4.79 Å². The maximum atomic E-state index is 11.5. The summed E-state index contributed by atoms with van der Waals surface area (Å²) >= 11 is 0. The van der Waals surface area contributed by atoms with E-state index in [0.29, 0.717) is 6.04 Å². The van der Waals surface area contributed by atoms with E-state index >= 15 is 0 Å². The van der Waals surface area contributed by atoms with Gasteiger partial charge in [-0.15, -0.1) is 0 Å². The van der Waals surface area contributed by atoms with Gasteiger partial charge in [-0.1, -0.05) is 12.1 Å². The first-order valence-corrected chi connectivity index (χ1v) is 5.62. The van der Waals surface area contributed by atoms with E-state index in [0.717, 1.165) is 23.7 Å². The van der Waals surface area contributed by atoms with Crippen molar-refractivity contribution in [2.45, 2.75) is 25.8 Å². The first-order valence-electron chi connectivity index (χ1n) is 5.62. The second kappa shape index (κ2) is 3.09. The second-order valence-electron chi connectivity index (χ2n) is 4.72. The molecule has 2 nitrogen and oxygen atoms in total. The number of nitrogens with zero attached hydrogens (tertiary/aromatic N) is 1. The average molecular weight is 201 g/mol. The van der Waals surface area contributed by atoms with Gasteiger partial charge in [-0.2, -0.15) is 0 Å². The Morgan fingerprint density at radius 2 is 2.07 bits per heavy atom. The van der Waals surface area contributed by atoms with Gasteiger partial charge in [0.25, 0.3) is 0 Å². The molecule has 1 saturated carbocycles. The van der Waals surface area contributed by atoms with Crippen molar-refractivity contribution in [1.82, 2.24) is 0 Å². The number of para-hydroxylation sites is 1. The van der Waals surface area contributed by atoms with Crippen molar-refractivity contribution >= 4 is 11.5 Å². The quantitative estimate of drug-likeness (QED) is 0.685. The molecule has 0 aromatic heterocycles. The minimum Gasteiger partial charge on any atom is -0.368 e. The van der Waals surface area contributed by atoms with E-state index in [9.17, 15) is 4.79 Å². The first-order chi connectivity index (χ1) is 7.25. The molecule has 3 fully saturated rings. The largest absolute Gasteiger partial charge is 0.368 e. The molecule has 0 unspecified atom stereocenters. The maximum Gasteiger partial charge on any atom is 0.161 e. The zero-order chi connectivity index (χ0) is 10.4. The highest BCUT2D eigenvalue weighted by Gasteiger charge is 2.43. The van der Waals surface area contributed by atoms with Crippen molar-refractivity contribution in [1.29, 1.82) is 0 Å². The molecule has 4 rings (SSSR count). The van der Waals surface area contributed by atoms with Gasteiger partial charge in [0.2, 0.25) is 0 Å². The molecule has 0 N–H and O–H groups in total. The van der Waals surface area contributed by atoms with Gasteiger partial charge in [0.05, 0.1) is 0 Å². The fourth-order valence-corrected chi connectivity index (χ4v) is 2.85. The number of carbonyl (C=O) groups excluding carboxylic acids is 1. The Hall–Kier alpha value is -1.31. The van der Waals surface area contributed by atoms with Crippen LogP contribution in [0, 0.1) is 5.92 Å². The molecule has 1 aliphatic carbocycles. The third-order valence-electron chi connectivity index (χ3n) is 3.70. The number of anilines is 1. The van der Waals surface area contributed by atoms with Gasteiger partial charge in [-0.25, -0.2) is 0 Å². The number of hydrogen-bond acceptors (Lipinski definition) is 2. The third kappa shape index (κ3) is 1.28. The minimum absolute atomic E-state index is 0.176. The van der Waals surface area contributed by atoms with Crippen LogP contribution in [0.25, 0.3) is 0 Å². The van der Waals surface area contributed by atoms with Crippen LogP contribution in [-0.4, -0.2) is 18.4 Å². The van der Waals surface area contributed by atoms with E-state index < -0.39 is 0 Å². The molecule has 1 aromatic rings. The Bertz CT molecular complexity index is 407. The highest BCUT2D eigenvalue weighted by molar-refractivity contribution is 5.99. The summed E-state index contributed by atoms with van der Waals surface area (Å²) in [5, 5.41) is 0. The lowest BCUT2D eigenvalue weighted by molar-refractivity contribution is 0.101. The molecule has 2 heterocycles. The molecule has 15 heavy (non-hydrogen) atoms. The normalized spacial score (nSPS) is 27.7. The predicted molar refractivity (Wildman–Crippen MR) is 60.3 cm³/mol. The van der Waals surface area contributed by atoms with Crippen molar-refractivity contribution in [3.05, 3.63) is 29.8 Å². The highest BCUT2D eigenvalue weighted by Crippen LogP contribution is 2.44. The molecule has 2 aliphatic heterocycles. The van der Waals surface area contributed by atoms with Crippen LogP contribution in [-0.2, 0) is 0 Å². The Balaban J connectivity index is 2.00. The summed E-state index contributed by atoms with van der Waals surface area (Å²) in [4.78, 5) is 13.9. The standard InChI is InChI=1S/C13H15NO/c1-9(15)12-4-2-3-5-13(12)14-8-10-6-11(14)7-10/h2-5,10-11H,6-8H2,1H3. The average Bonchev–Trinajstić information content (AvgIpc) is 2.75. The lowest BCUT2D eigenvalue weighted by Crippen LogP contribution is -2.29. The fraction of sp³-hybridized carbons (Fsp3) is 0.462. The molecule has 1 aromatic carbocycles. The second-order valence-corrected chi connectivity index (χ2v) is 4.72.